The molecule has 0 bridgehead atoms. The van der Waals surface area contributed by atoms with Gasteiger partial charge in [0.05, 0.1) is 66.8 Å². The molecular formula is C68H103Al2N6O5+. The summed E-state index contributed by atoms with van der Waals surface area (Å²) in [5, 5.41) is 0. The Bertz CT molecular complexity index is 2820. The number of rotatable bonds is 13. The van der Waals surface area contributed by atoms with E-state index in [1.54, 1.807) is 0 Å². The minimum Gasteiger partial charge on any atom is -0.589 e. The van der Waals surface area contributed by atoms with Crippen LogP contribution < -0.4 is 15.2 Å². The summed E-state index contributed by atoms with van der Waals surface area (Å²) in [6.07, 6.45) is 9.65. The molecule has 0 fully saturated rings. The average Bonchev–Trinajstić information content (AvgIpc) is 3.44. The Kier molecular flexibility index (Phi) is 22.1. The minimum atomic E-state index is -3.59. The Balaban J connectivity index is 1.77. The van der Waals surface area contributed by atoms with E-state index in [0.717, 1.165) is 108 Å². The predicted octanol–water partition coefficient (Wildman–Crippen LogP) is 15.1. The van der Waals surface area contributed by atoms with Crippen LogP contribution in [0, 0.1) is 0 Å². The molecule has 0 unspecified atom stereocenters. The fourth-order valence-corrected chi connectivity index (χ4v) is 14.1. The molecule has 2 aliphatic heterocycles. The van der Waals surface area contributed by atoms with Crippen LogP contribution in [0.2, 0.25) is 0 Å². The van der Waals surface area contributed by atoms with Crippen molar-refractivity contribution in [1.29, 1.82) is 0 Å². The monoisotopic (exact) mass is 1140 g/mol. The second-order valence-electron chi connectivity index (χ2n) is 27.1. The largest absolute Gasteiger partial charge is 1.07 e. The molecule has 0 N–H and O–H groups in total. The van der Waals surface area contributed by atoms with Crippen molar-refractivity contribution in [3.05, 3.63) is 115 Å². The number of hydrogen-bond acceptors (Lipinski definition) is 10. The third-order valence-electron chi connectivity index (χ3n) is 16.9. The lowest BCUT2D eigenvalue weighted by Crippen LogP contribution is -2.47. The van der Waals surface area contributed by atoms with E-state index in [2.05, 4.69) is 213 Å². The van der Waals surface area contributed by atoms with Crippen molar-refractivity contribution in [3.63, 3.8) is 0 Å². The van der Waals surface area contributed by atoms with E-state index in [4.69, 9.17) is 38.0 Å². The Morgan fingerprint density at radius 1 is 0.420 bits per heavy atom. The summed E-state index contributed by atoms with van der Waals surface area (Å²) in [7, 11) is 0. The second-order valence-corrected chi connectivity index (χ2v) is 30.3. The van der Waals surface area contributed by atoms with E-state index >= 15 is 0 Å². The summed E-state index contributed by atoms with van der Waals surface area (Å²) in [4.78, 5) is 23.5. The normalized spacial score (nSPS) is 18.6. The summed E-state index contributed by atoms with van der Waals surface area (Å²) in [5.74, 6) is 2.75. The van der Waals surface area contributed by atoms with Gasteiger partial charge in [-0.2, -0.15) is 0 Å². The SMILES string of the molecule is CCc1cc2c(c(C(C)(C)C)c1)[O][Al]([O][Al]1[O]c3c(cc(CN(CC)CC)cc3C(C)(C)C)C=N[C@H](C)[C@@H](C)N=Cc3cc(C[N+](CC)(CC)CC)cc(C(C)(C)C)c3[O]1)[O]c1c(cc(CC)cc1C(C)(C)C)C=N[C@H](C)[C@@H](C)N=C2. The molecule has 0 saturated heterocycles. The van der Waals surface area contributed by atoms with Crippen molar-refractivity contribution in [3.8, 4) is 23.0 Å². The Labute approximate surface area is 501 Å². The molecule has 4 atom stereocenters. The average molecular weight is 1140 g/mol. The van der Waals surface area contributed by atoms with Gasteiger partial charge in [-0.3, -0.25) is 24.9 Å². The van der Waals surface area contributed by atoms with Gasteiger partial charge < -0.3 is 22.5 Å². The molecule has 2 aliphatic rings. The number of aryl methyl sites for hydroxylation is 2. The smallest absolute Gasteiger partial charge is 0.589 e. The van der Waals surface area contributed by atoms with Gasteiger partial charge in [0, 0.05) is 59.2 Å². The zero-order valence-electron chi connectivity index (χ0n) is 54.5. The van der Waals surface area contributed by atoms with Crippen LogP contribution in [-0.2, 0) is 50.4 Å². The summed E-state index contributed by atoms with van der Waals surface area (Å²) in [6.45, 7) is 57.9. The quantitative estimate of drug-likeness (QED) is 0.0977. The third-order valence-corrected chi connectivity index (χ3v) is 20.3. The van der Waals surface area contributed by atoms with Gasteiger partial charge in [0.2, 0.25) is 0 Å². The first-order valence-electron chi connectivity index (χ1n) is 30.6. The Morgan fingerprint density at radius 2 is 0.691 bits per heavy atom. The van der Waals surface area contributed by atoms with Crippen LogP contribution in [0.15, 0.2) is 68.5 Å². The molecule has 2 heterocycles. The van der Waals surface area contributed by atoms with Crippen LogP contribution in [0.1, 0.15) is 226 Å². The highest BCUT2D eigenvalue weighted by atomic mass is 27.3. The predicted molar refractivity (Wildman–Crippen MR) is 345 cm³/mol. The molecule has 13 heteroatoms. The molecule has 4 aromatic carbocycles. The second kappa shape index (κ2) is 27.2. The van der Waals surface area contributed by atoms with Crippen LogP contribution >= 0.6 is 0 Å². The maximum atomic E-state index is 7.79. The van der Waals surface area contributed by atoms with Gasteiger partial charge in [-0.05, 0) is 165 Å². The van der Waals surface area contributed by atoms with Crippen molar-refractivity contribution in [2.75, 3.05) is 32.7 Å². The van der Waals surface area contributed by atoms with E-state index in [0.29, 0.717) is 23.0 Å². The number of benzene rings is 4. The summed E-state index contributed by atoms with van der Waals surface area (Å²) >= 11 is -7.15. The first-order valence-corrected chi connectivity index (χ1v) is 33.5. The first kappa shape index (κ1) is 65.9. The zero-order valence-corrected chi connectivity index (χ0v) is 56.8. The van der Waals surface area contributed by atoms with Crippen molar-refractivity contribution in [1.82, 2.24) is 4.90 Å². The number of hydrogen-bond donors (Lipinski definition) is 0. The zero-order chi connectivity index (χ0) is 60.0. The third kappa shape index (κ3) is 16.5. The topological polar surface area (TPSA) is 98.8 Å². The molecular weight excluding hydrogens is 1030 g/mol. The summed E-state index contributed by atoms with van der Waals surface area (Å²) < 4.78 is 39.6. The van der Waals surface area contributed by atoms with Gasteiger partial charge in [0.1, 0.15) is 6.54 Å². The molecule has 0 aromatic heterocycles. The molecule has 0 aliphatic carbocycles. The summed E-state index contributed by atoms with van der Waals surface area (Å²) in [6, 6.07) is 17.7. The number of fused-ring (bicyclic) bond motifs is 4. The van der Waals surface area contributed by atoms with Crippen LogP contribution in [0.4, 0.5) is 0 Å². The Hall–Kier alpha value is -4.30. The number of aliphatic imine (C=N–C) groups is 4. The summed E-state index contributed by atoms with van der Waals surface area (Å²) in [5.41, 5.74) is 11.1. The molecule has 4 aromatic rings. The van der Waals surface area contributed by atoms with Gasteiger partial charge in [-0.1, -0.05) is 129 Å². The maximum Gasteiger partial charge on any atom is 1.07 e. The first-order chi connectivity index (χ1) is 37.9. The van der Waals surface area contributed by atoms with E-state index in [1.165, 1.54) is 22.3 Å². The highest BCUT2D eigenvalue weighted by Gasteiger charge is 2.55. The van der Waals surface area contributed by atoms with Crippen molar-refractivity contribution >= 4 is 55.2 Å². The van der Waals surface area contributed by atoms with Crippen molar-refractivity contribution in [2.24, 2.45) is 20.0 Å². The van der Waals surface area contributed by atoms with Gasteiger partial charge in [-0.15, -0.1) is 0 Å². The molecule has 440 valence electrons. The molecule has 0 saturated carbocycles. The molecule has 0 spiro atoms. The fraction of sp³-hybridized carbons (Fsp3) is 0.588. The van der Waals surface area contributed by atoms with Gasteiger partial charge >= 0.3 is 30.3 Å². The number of nitrogens with zero attached hydrogens (tertiary/aromatic N) is 6. The van der Waals surface area contributed by atoms with Crippen molar-refractivity contribution in [2.45, 2.75) is 231 Å². The van der Waals surface area contributed by atoms with Gasteiger partial charge in [0.15, 0.2) is 0 Å². The standard InChI is InChI=1S/C38H62N4O2.C30H44N2O2.2Al.O/c1-14-41(15-2)25-29-19-31(35(43)33(21-29)37(8,9)10)23-39-27(6)28(7)40-24-32-20-30(26-42(16-3,17-4)18-5)22-34(36(32)44)38(11,12)13;1-11-21-13-23(27(33)25(15-21)29(5,6)7)17-31-19(3)20(4)32-18-24-14-22(12-2)16-26(28(24)34)30(8,9)10;;;/h19-24,27-28H,14-18,25-26H2,1-13H3,(H-,39,40,43,44);13-20,33-34H,11-12H2,1-10H3;;;/q;;2*+2;/p-3/t27-,28-;19-,20-;;;/m11.../s1. The van der Waals surface area contributed by atoms with E-state index in [9.17, 15) is 0 Å². The molecule has 0 radical (unpaired) electrons. The van der Waals surface area contributed by atoms with E-state index in [1.807, 2.05) is 24.9 Å². The highest BCUT2D eigenvalue weighted by molar-refractivity contribution is 6.54. The minimum absolute atomic E-state index is 0.125. The van der Waals surface area contributed by atoms with E-state index < -0.39 is 30.3 Å². The lowest BCUT2D eigenvalue weighted by Gasteiger charge is -2.36. The maximum absolute atomic E-state index is 7.79. The Morgan fingerprint density at radius 3 is 0.963 bits per heavy atom. The molecule has 81 heavy (non-hydrogen) atoms. The fourth-order valence-electron chi connectivity index (χ4n) is 10.6. The van der Waals surface area contributed by atoms with Gasteiger partial charge in [-0.25, -0.2) is 0 Å². The van der Waals surface area contributed by atoms with Crippen LogP contribution in [0.3, 0.4) is 0 Å². The van der Waals surface area contributed by atoms with Crippen LogP contribution in [0.5, 0.6) is 23.0 Å². The molecule has 0 amide bonds. The van der Waals surface area contributed by atoms with Crippen LogP contribution in [-0.4, -0.2) is 121 Å². The van der Waals surface area contributed by atoms with Crippen LogP contribution in [0.25, 0.3) is 0 Å². The molecule has 11 nitrogen and oxygen atoms in total. The molecule has 6 rings (SSSR count). The van der Waals surface area contributed by atoms with E-state index in [-0.39, 0.29) is 45.8 Å². The highest BCUT2D eigenvalue weighted by Crippen LogP contribution is 2.42. The van der Waals surface area contributed by atoms with Crippen molar-refractivity contribution < 1.29 is 22.5 Å². The lowest BCUT2D eigenvalue weighted by molar-refractivity contribution is -0.936. The van der Waals surface area contributed by atoms with Gasteiger partial charge in [0.25, 0.3) is 0 Å². The lowest BCUT2D eigenvalue weighted by atomic mass is 9.84. The number of quaternary nitrogens is 1.